The van der Waals surface area contributed by atoms with E-state index in [2.05, 4.69) is 37.2 Å². The number of benzene rings is 1. The number of carbonyl (C=O) groups excluding carboxylic acids is 1. The molecule has 3 rings (SSSR count). The molecule has 1 unspecified atom stereocenters. The van der Waals surface area contributed by atoms with E-state index in [1.165, 1.54) is 0 Å². The third kappa shape index (κ3) is 4.88. The number of anilines is 1. The van der Waals surface area contributed by atoms with Gasteiger partial charge in [0.05, 0.1) is 17.6 Å². The van der Waals surface area contributed by atoms with Gasteiger partial charge in [0.25, 0.3) is 0 Å². The maximum atomic E-state index is 12.5. The van der Waals surface area contributed by atoms with Crippen LogP contribution in [-0.4, -0.2) is 28.9 Å². The van der Waals surface area contributed by atoms with Gasteiger partial charge in [-0.3, -0.25) is 9.69 Å². The van der Waals surface area contributed by atoms with Crippen molar-refractivity contribution in [1.82, 2.24) is 9.88 Å². The molecule has 1 aliphatic rings. The van der Waals surface area contributed by atoms with Crippen LogP contribution in [0.25, 0.3) is 0 Å². The molecule has 0 bridgehead atoms. The molecule has 128 valence electrons. The third-order valence-electron chi connectivity index (χ3n) is 4.34. The zero-order valence-electron chi connectivity index (χ0n) is 13.8. The molecule has 2 aromatic rings. The second kappa shape index (κ2) is 8.24. The molecule has 1 aromatic carbocycles. The minimum absolute atomic E-state index is 0.0272. The van der Waals surface area contributed by atoms with Gasteiger partial charge < -0.3 is 5.32 Å². The number of nitrogens with one attached hydrogen (secondary N) is 1. The Morgan fingerprint density at radius 2 is 2.12 bits per heavy atom. The molecule has 1 saturated heterocycles. The van der Waals surface area contributed by atoms with E-state index in [9.17, 15) is 4.79 Å². The Hall–Kier alpha value is -2.23. The summed E-state index contributed by atoms with van der Waals surface area (Å²) in [7, 11) is 0. The van der Waals surface area contributed by atoms with E-state index in [4.69, 9.17) is 5.26 Å². The van der Waals surface area contributed by atoms with Gasteiger partial charge in [0.2, 0.25) is 5.91 Å². The van der Waals surface area contributed by atoms with E-state index in [0.29, 0.717) is 11.4 Å². The van der Waals surface area contributed by atoms with Crippen LogP contribution in [0.3, 0.4) is 0 Å². The Morgan fingerprint density at radius 1 is 1.32 bits per heavy atom. The topological polar surface area (TPSA) is 69.0 Å². The molecule has 2 heterocycles. The van der Waals surface area contributed by atoms with Crippen LogP contribution in [0, 0.1) is 17.2 Å². The number of nitrogens with zero attached hydrogens (tertiary/aromatic N) is 3. The van der Waals surface area contributed by atoms with Crippen molar-refractivity contribution in [3.8, 4) is 6.07 Å². The van der Waals surface area contributed by atoms with Crippen LogP contribution in [0.4, 0.5) is 5.82 Å². The van der Waals surface area contributed by atoms with E-state index in [-0.39, 0.29) is 11.8 Å². The molecule has 25 heavy (non-hydrogen) atoms. The molecule has 5 nitrogen and oxygen atoms in total. The van der Waals surface area contributed by atoms with Crippen LogP contribution in [0.2, 0.25) is 0 Å². The fraction of sp³-hybridized carbons (Fsp3) is 0.316. The highest BCUT2D eigenvalue weighted by Crippen LogP contribution is 2.20. The minimum Gasteiger partial charge on any atom is -0.310 e. The quantitative estimate of drug-likeness (QED) is 0.854. The predicted molar refractivity (Wildman–Crippen MR) is 99.7 cm³/mol. The highest BCUT2D eigenvalue weighted by atomic mass is 79.9. The lowest BCUT2D eigenvalue weighted by Gasteiger charge is -2.32. The average molecular weight is 399 g/mol. The van der Waals surface area contributed by atoms with E-state index >= 15 is 0 Å². The summed E-state index contributed by atoms with van der Waals surface area (Å²) in [4.78, 5) is 19.0. The van der Waals surface area contributed by atoms with Crippen LogP contribution in [0.5, 0.6) is 0 Å². The molecule has 1 aromatic heterocycles. The van der Waals surface area contributed by atoms with E-state index in [1.807, 2.05) is 30.3 Å². The number of carbonyl (C=O) groups is 1. The number of pyridine rings is 1. The third-order valence-corrected chi connectivity index (χ3v) is 4.81. The first kappa shape index (κ1) is 17.6. The zero-order chi connectivity index (χ0) is 17.6. The maximum Gasteiger partial charge on any atom is 0.229 e. The highest BCUT2D eigenvalue weighted by Gasteiger charge is 2.26. The number of halogens is 1. The zero-order valence-corrected chi connectivity index (χ0v) is 15.4. The number of piperidine rings is 1. The Labute approximate surface area is 155 Å². The Morgan fingerprint density at radius 3 is 2.80 bits per heavy atom. The summed E-state index contributed by atoms with van der Waals surface area (Å²) < 4.78 is 0.886. The lowest BCUT2D eigenvalue weighted by molar-refractivity contribution is -0.121. The van der Waals surface area contributed by atoms with Crippen LogP contribution in [0.15, 0.2) is 47.1 Å². The van der Waals surface area contributed by atoms with Gasteiger partial charge in [-0.2, -0.15) is 5.26 Å². The largest absolute Gasteiger partial charge is 0.310 e. The van der Waals surface area contributed by atoms with Crippen LogP contribution >= 0.6 is 15.9 Å². The summed E-state index contributed by atoms with van der Waals surface area (Å²) in [6.07, 6.45) is 3.57. The van der Waals surface area contributed by atoms with Crippen molar-refractivity contribution in [2.75, 3.05) is 18.4 Å². The standard InChI is InChI=1S/C19H19BrN4O/c20-17-7-8-18(22-11-17)23-19(25)16-2-1-9-24(13-16)12-15-5-3-14(10-21)4-6-15/h3-8,11,16H,1-2,9,12-13H2,(H,22,23,25). The van der Waals surface area contributed by atoms with E-state index < -0.39 is 0 Å². The monoisotopic (exact) mass is 398 g/mol. The van der Waals surface area contributed by atoms with E-state index in [1.54, 1.807) is 12.3 Å². The first-order chi connectivity index (χ1) is 12.1. The van der Waals surface area contributed by atoms with Gasteiger partial charge in [-0.25, -0.2) is 4.98 Å². The summed E-state index contributed by atoms with van der Waals surface area (Å²) >= 11 is 3.34. The number of likely N-dealkylation sites (tertiary alicyclic amines) is 1. The molecule has 0 saturated carbocycles. The van der Waals surface area contributed by atoms with Gasteiger partial charge in [0.15, 0.2) is 0 Å². The van der Waals surface area contributed by atoms with Gasteiger partial charge in [-0.05, 0) is 65.1 Å². The fourth-order valence-electron chi connectivity index (χ4n) is 3.03. The summed E-state index contributed by atoms with van der Waals surface area (Å²) in [5, 5.41) is 11.8. The lowest BCUT2D eigenvalue weighted by atomic mass is 9.96. The lowest BCUT2D eigenvalue weighted by Crippen LogP contribution is -2.40. The second-order valence-electron chi connectivity index (χ2n) is 6.23. The SMILES string of the molecule is N#Cc1ccc(CN2CCCC(C(=O)Nc3ccc(Br)cn3)C2)cc1. The smallest absolute Gasteiger partial charge is 0.229 e. The first-order valence-electron chi connectivity index (χ1n) is 8.28. The molecule has 1 amide bonds. The molecule has 0 aliphatic carbocycles. The number of hydrogen-bond donors (Lipinski definition) is 1. The summed E-state index contributed by atoms with van der Waals surface area (Å²) in [5.41, 5.74) is 1.83. The molecule has 0 radical (unpaired) electrons. The fourth-order valence-corrected chi connectivity index (χ4v) is 3.27. The van der Waals surface area contributed by atoms with Gasteiger partial charge in [-0.15, -0.1) is 0 Å². The van der Waals surface area contributed by atoms with Crippen LogP contribution < -0.4 is 5.32 Å². The van der Waals surface area contributed by atoms with Crippen LogP contribution in [-0.2, 0) is 11.3 Å². The van der Waals surface area contributed by atoms with Crippen molar-refractivity contribution in [3.05, 3.63) is 58.2 Å². The van der Waals surface area contributed by atoms with Crippen molar-refractivity contribution in [3.63, 3.8) is 0 Å². The average Bonchev–Trinajstić information content (AvgIpc) is 2.64. The Bertz CT molecular complexity index is 768. The molecule has 1 fully saturated rings. The van der Waals surface area contributed by atoms with E-state index in [0.717, 1.165) is 42.5 Å². The van der Waals surface area contributed by atoms with Gasteiger partial charge in [0.1, 0.15) is 5.82 Å². The molecule has 1 aliphatic heterocycles. The second-order valence-corrected chi connectivity index (χ2v) is 7.15. The van der Waals surface area contributed by atoms with Gasteiger partial charge >= 0.3 is 0 Å². The van der Waals surface area contributed by atoms with Crippen molar-refractivity contribution in [1.29, 1.82) is 5.26 Å². The number of hydrogen-bond acceptors (Lipinski definition) is 4. The molecule has 6 heteroatoms. The molecule has 0 spiro atoms. The summed E-state index contributed by atoms with van der Waals surface area (Å²) in [5.74, 6) is 0.578. The van der Waals surface area contributed by atoms with Crippen molar-refractivity contribution in [2.24, 2.45) is 5.92 Å². The molecule has 1 atom stereocenters. The Kier molecular flexibility index (Phi) is 5.79. The summed E-state index contributed by atoms with van der Waals surface area (Å²) in [6.45, 7) is 2.52. The molecular formula is C19H19BrN4O. The normalized spacial score (nSPS) is 17.7. The van der Waals surface area contributed by atoms with Gasteiger partial charge in [0, 0.05) is 23.8 Å². The number of aromatic nitrogens is 1. The van der Waals surface area contributed by atoms with Gasteiger partial charge in [-0.1, -0.05) is 12.1 Å². The molecule has 1 N–H and O–H groups in total. The van der Waals surface area contributed by atoms with Crippen LogP contribution in [0.1, 0.15) is 24.0 Å². The number of nitriles is 1. The maximum absolute atomic E-state index is 12.5. The van der Waals surface area contributed by atoms with Crippen molar-refractivity contribution < 1.29 is 4.79 Å². The minimum atomic E-state index is -0.0300. The number of amides is 1. The highest BCUT2D eigenvalue weighted by molar-refractivity contribution is 9.10. The Balaban J connectivity index is 1.57. The number of rotatable bonds is 4. The van der Waals surface area contributed by atoms with Crippen molar-refractivity contribution in [2.45, 2.75) is 19.4 Å². The first-order valence-corrected chi connectivity index (χ1v) is 9.07. The predicted octanol–water partition coefficient (Wildman–Crippen LogP) is 3.57. The van der Waals surface area contributed by atoms with Crippen molar-refractivity contribution >= 4 is 27.7 Å². The molecular weight excluding hydrogens is 380 g/mol. The summed E-state index contributed by atoms with van der Waals surface area (Å²) in [6, 6.07) is 13.4.